The first-order chi connectivity index (χ1) is 6.90. The maximum absolute atomic E-state index is 4.86. The van der Waals surface area contributed by atoms with Gasteiger partial charge in [-0.1, -0.05) is 12.6 Å². The van der Waals surface area contributed by atoms with Gasteiger partial charge in [0.2, 0.25) is 0 Å². The lowest BCUT2D eigenvalue weighted by molar-refractivity contribution is 0.667. The minimum atomic E-state index is 0.649. The van der Waals surface area contributed by atoms with E-state index in [9.17, 15) is 0 Å². The van der Waals surface area contributed by atoms with Crippen LogP contribution in [0.4, 0.5) is 0 Å². The van der Waals surface area contributed by atoms with Crippen LogP contribution in [-0.2, 0) is 6.54 Å². The maximum Gasteiger partial charge on any atom is 0.182 e. The second-order valence-corrected chi connectivity index (χ2v) is 3.19. The summed E-state index contributed by atoms with van der Waals surface area (Å²) < 4.78 is 1.75. The number of rotatable bonds is 3. The molecule has 4 nitrogen and oxygen atoms in total. The lowest BCUT2D eigenvalue weighted by Gasteiger charge is -1.94. The van der Waals surface area contributed by atoms with Crippen molar-refractivity contribution < 1.29 is 0 Å². The van der Waals surface area contributed by atoms with E-state index in [1.54, 1.807) is 23.4 Å². The monoisotopic (exact) mass is 205 g/mol. The zero-order valence-electron chi connectivity index (χ0n) is 7.50. The highest BCUT2D eigenvalue weighted by Crippen LogP contribution is 2.11. The van der Waals surface area contributed by atoms with Gasteiger partial charge in [-0.05, 0) is 12.1 Å². The average Bonchev–Trinajstić information content (AvgIpc) is 2.68. The molecule has 2 heterocycles. The fraction of sp³-hybridized carbons (Fsp3) is 0.222. The second kappa shape index (κ2) is 4.23. The van der Waals surface area contributed by atoms with Crippen molar-refractivity contribution in [3.05, 3.63) is 30.9 Å². The molecule has 0 saturated carbocycles. The summed E-state index contributed by atoms with van der Waals surface area (Å²) in [6, 6.07) is 3.80. The van der Waals surface area contributed by atoms with Gasteiger partial charge in [0.15, 0.2) is 5.82 Å². The van der Waals surface area contributed by atoms with Crippen LogP contribution in [0, 0.1) is 0 Å². The average molecular weight is 205 g/mol. The van der Waals surface area contributed by atoms with Crippen molar-refractivity contribution in [3.63, 3.8) is 0 Å². The van der Waals surface area contributed by atoms with Crippen molar-refractivity contribution in [2.45, 2.75) is 6.54 Å². The highest BCUT2D eigenvalue weighted by Gasteiger charge is 2.02. The summed E-state index contributed by atoms with van der Waals surface area (Å²) in [5.74, 6) is 1.34. The zero-order chi connectivity index (χ0) is 9.80. The molecule has 2 aromatic heterocycles. The predicted octanol–water partition coefficient (Wildman–Crippen LogP) is 1.54. The molecular formula is C9H9N4S. The Bertz CT molecular complexity index is 398. The van der Waals surface area contributed by atoms with Crippen molar-refractivity contribution in [3.8, 4) is 11.4 Å². The van der Waals surface area contributed by atoms with Crippen LogP contribution in [0.1, 0.15) is 0 Å². The van der Waals surface area contributed by atoms with E-state index in [-0.39, 0.29) is 0 Å². The van der Waals surface area contributed by atoms with Crippen LogP contribution in [0.2, 0.25) is 0 Å². The molecule has 0 unspecified atom stereocenters. The van der Waals surface area contributed by atoms with Gasteiger partial charge in [-0.2, -0.15) is 5.10 Å². The molecular weight excluding hydrogens is 196 g/mol. The molecule has 2 rings (SSSR count). The van der Waals surface area contributed by atoms with Crippen LogP contribution in [0.25, 0.3) is 11.4 Å². The Kier molecular flexibility index (Phi) is 2.78. The van der Waals surface area contributed by atoms with Crippen molar-refractivity contribution >= 4 is 12.6 Å². The van der Waals surface area contributed by atoms with E-state index in [4.69, 9.17) is 12.6 Å². The Morgan fingerprint density at radius 3 is 3.07 bits per heavy atom. The standard InChI is InChI=1S/C9H9N4S/c14-5-4-13-7-11-9(12-13)8-2-1-3-10-6-8/h1-3,6-7H,4-5H2. The van der Waals surface area contributed by atoms with Gasteiger partial charge in [-0.25, -0.2) is 4.98 Å². The first-order valence-electron chi connectivity index (χ1n) is 4.28. The lowest BCUT2D eigenvalue weighted by Crippen LogP contribution is -1.99. The predicted molar refractivity (Wildman–Crippen MR) is 55.7 cm³/mol. The fourth-order valence-corrected chi connectivity index (χ4v) is 1.31. The van der Waals surface area contributed by atoms with Gasteiger partial charge in [0.05, 0.1) is 6.54 Å². The smallest absolute Gasteiger partial charge is 0.182 e. The molecule has 0 bridgehead atoms. The molecule has 0 aliphatic heterocycles. The van der Waals surface area contributed by atoms with Crippen molar-refractivity contribution in [2.75, 3.05) is 5.75 Å². The summed E-state index contributed by atoms with van der Waals surface area (Å²) in [4.78, 5) is 8.18. The van der Waals surface area contributed by atoms with Crippen LogP contribution in [0.5, 0.6) is 0 Å². The third-order valence-corrected chi connectivity index (χ3v) is 1.96. The minimum absolute atomic E-state index is 0.649. The van der Waals surface area contributed by atoms with E-state index >= 15 is 0 Å². The van der Waals surface area contributed by atoms with Crippen molar-refractivity contribution in [2.24, 2.45) is 0 Å². The largest absolute Gasteiger partial charge is 0.264 e. The number of nitrogens with zero attached hydrogens (tertiary/aromatic N) is 4. The summed E-state index contributed by atoms with van der Waals surface area (Å²) in [5, 5.41) is 4.27. The summed E-state index contributed by atoms with van der Waals surface area (Å²) >= 11 is 4.86. The van der Waals surface area contributed by atoms with E-state index < -0.39 is 0 Å². The summed E-state index contributed by atoms with van der Waals surface area (Å²) in [6.07, 6.45) is 5.16. The Morgan fingerprint density at radius 2 is 2.36 bits per heavy atom. The summed E-state index contributed by atoms with van der Waals surface area (Å²) in [5.41, 5.74) is 0.926. The van der Waals surface area contributed by atoms with Gasteiger partial charge in [0.1, 0.15) is 6.33 Å². The van der Waals surface area contributed by atoms with Gasteiger partial charge >= 0.3 is 0 Å². The van der Waals surface area contributed by atoms with Crippen molar-refractivity contribution in [1.29, 1.82) is 0 Å². The first-order valence-corrected chi connectivity index (χ1v) is 4.86. The van der Waals surface area contributed by atoms with E-state index in [1.165, 1.54) is 0 Å². The quantitative estimate of drug-likeness (QED) is 0.763. The number of aryl methyl sites for hydroxylation is 1. The van der Waals surface area contributed by atoms with E-state index in [2.05, 4.69) is 15.1 Å². The van der Waals surface area contributed by atoms with Gasteiger partial charge < -0.3 is 0 Å². The minimum Gasteiger partial charge on any atom is -0.264 e. The molecule has 0 aliphatic rings. The second-order valence-electron chi connectivity index (χ2n) is 2.78. The molecule has 0 spiro atoms. The molecule has 14 heavy (non-hydrogen) atoms. The molecule has 0 saturated heterocycles. The van der Waals surface area contributed by atoms with Gasteiger partial charge in [0.25, 0.3) is 0 Å². The van der Waals surface area contributed by atoms with Crippen LogP contribution in [0.3, 0.4) is 0 Å². The summed E-state index contributed by atoms with van der Waals surface area (Å²) in [7, 11) is 0. The first kappa shape index (κ1) is 9.21. The Morgan fingerprint density at radius 1 is 1.43 bits per heavy atom. The third-order valence-electron chi connectivity index (χ3n) is 1.78. The van der Waals surface area contributed by atoms with Crippen LogP contribution >= 0.6 is 12.6 Å². The SMILES string of the molecule is [S]CCn1cnc(-c2cccnc2)n1. The highest BCUT2D eigenvalue weighted by molar-refractivity contribution is 7.80. The van der Waals surface area contributed by atoms with Gasteiger partial charge in [-0.3, -0.25) is 9.67 Å². The number of pyridine rings is 1. The molecule has 0 aliphatic carbocycles. The molecule has 1 radical (unpaired) electrons. The molecule has 0 N–H and O–H groups in total. The topological polar surface area (TPSA) is 43.6 Å². The lowest BCUT2D eigenvalue weighted by atomic mass is 10.3. The molecule has 5 heteroatoms. The molecule has 2 aromatic rings. The highest BCUT2D eigenvalue weighted by atomic mass is 32.1. The van der Waals surface area contributed by atoms with E-state index in [0.717, 1.165) is 12.1 Å². The maximum atomic E-state index is 4.86. The Labute approximate surface area is 87.4 Å². The number of aromatic nitrogens is 4. The number of hydrogen-bond donors (Lipinski definition) is 0. The van der Waals surface area contributed by atoms with Gasteiger partial charge in [-0.15, -0.1) is 0 Å². The Balaban J connectivity index is 2.25. The normalized spacial score (nSPS) is 10.4. The molecule has 71 valence electrons. The van der Waals surface area contributed by atoms with Crippen LogP contribution < -0.4 is 0 Å². The van der Waals surface area contributed by atoms with Crippen LogP contribution in [-0.4, -0.2) is 25.5 Å². The molecule has 0 amide bonds. The Hall–Kier alpha value is -1.36. The fourth-order valence-electron chi connectivity index (χ4n) is 1.12. The van der Waals surface area contributed by atoms with Crippen molar-refractivity contribution in [1.82, 2.24) is 19.7 Å². The van der Waals surface area contributed by atoms with Crippen LogP contribution in [0.15, 0.2) is 30.9 Å². The molecule has 0 fully saturated rings. The number of hydrogen-bond acceptors (Lipinski definition) is 3. The molecule has 0 atom stereocenters. The third kappa shape index (κ3) is 1.93. The molecule has 0 aromatic carbocycles. The summed E-state index contributed by atoms with van der Waals surface area (Å²) in [6.45, 7) is 0.725. The van der Waals surface area contributed by atoms with E-state index in [1.807, 2.05) is 12.1 Å². The van der Waals surface area contributed by atoms with Gasteiger partial charge in [0, 0.05) is 23.7 Å². The zero-order valence-corrected chi connectivity index (χ0v) is 8.31. The van der Waals surface area contributed by atoms with E-state index in [0.29, 0.717) is 11.6 Å².